The number of halogens is 1. The zero-order valence-electron chi connectivity index (χ0n) is 15.5. The number of carbonyl (C=O) groups excluding carboxylic acids is 2. The second-order valence-corrected chi connectivity index (χ2v) is 6.68. The van der Waals surface area contributed by atoms with E-state index in [2.05, 4.69) is 0 Å². The van der Waals surface area contributed by atoms with Gasteiger partial charge >= 0.3 is 0 Å². The van der Waals surface area contributed by atoms with Gasteiger partial charge in [0.25, 0.3) is 11.6 Å². The van der Waals surface area contributed by atoms with Crippen molar-refractivity contribution >= 4 is 34.8 Å². The molecule has 0 aromatic heterocycles. The summed E-state index contributed by atoms with van der Waals surface area (Å²) in [5, 5.41) is 11.5. The largest absolute Gasteiger partial charge is 0.490 e. The van der Waals surface area contributed by atoms with Crippen molar-refractivity contribution in [1.82, 2.24) is 4.90 Å². The Balaban J connectivity index is 1.64. The van der Waals surface area contributed by atoms with Crippen LogP contribution in [0.4, 0.5) is 11.4 Å². The van der Waals surface area contributed by atoms with E-state index >= 15 is 0 Å². The normalized spacial score (nSPS) is 12.8. The molecule has 9 nitrogen and oxygen atoms in total. The third-order valence-electron chi connectivity index (χ3n) is 4.34. The number of nitro benzene ring substituents is 1. The van der Waals surface area contributed by atoms with Crippen LogP contribution in [-0.4, -0.2) is 55.0 Å². The zero-order valence-corrected chi connectivity index (χ0v) is 16.3. The number of rotatable bonds is 7. The number of ether oxygens (including phenoxy) is 2. The summed E-state index contributed by atoms with van der Waals surface area (Å²) in [6, 6.07) is 10.9. The smallest absolute Gasteiger partial charge is 0.271 e. The summed E-state index contributed by atoms with van der Waals surface area (Å²) in [5.74, 6) is 0.0276. The van der Waals surface area contributed by atoms with Gasteiger partial charge in [-0.2, -0.15) is 0 Å². The second kappa shape index (κ2) is 8.78. The van der Waals surface area contributed by atoms with Gasteiger partial charge in [0.15, 0.2) is 6.61 Å². The van der Waals surface area contributed by atoms with Crippen molar-refractivity contribution in [2.75, 3.05) is 38.3 Å². The minimum absolute atomic E-state index is 0.194. The monoisotopic (exact) mass is 419 g/mol. The molecule has 0 spiro atoms. The van der Waals surface area contributed by atoms with Gasteiger partial charge in [-0.25, -0.2) is 0 Å². The fourth-order valence-corrected chi connectivity index (χ4v) is 2.90. The van der Waals surface area contributed by atoms with E-state index in [0.29, 0.717) is 16.5 Å². The fraction of sp³-hybridized carbons (Fsp3) is 0.263. The maximum absolute atomic E-state index is 12.6. The SMILES string of the molecule is CN(CCOc1ccccc1Cl)C(=O)CN1C(=O)COc2ccc([N+](=O)[O-])cc21. The molecule has 1 aliphatic rings. The number of nitro groups is 1. The van der Waals surface area contributed by atoms with Gasteiger partial charge in [0.2, 0.25) is 5.91 Å². The lowest BCUT2D eigenvalue weighted by atomic mass is 10.2. The molecule has 0 fully saturated rings. The average molecular weight is 420 g/mol. The molecule has 0 atom stereocenters. The summed E-state index contributed by atoms with van der Waals surface area (Å²) in [4.78, 5) is 37.9. The Morgan fingerprint density at radius 1 is 1.34 bits per heavy atom. The van der Waals surface area contributed by atoms with E-state index < -0.39 is 10.8 Å². The molecule has 0 unspecified atom stereocenters. The number of non-ortho nitro benzene ring substituents is 1. The topological polar surface area (TPSA) is 102 Å². The first-order chi connectivity index (χ1) is 13.9. The first kappa shape index (κ1) is 20.4. The molecule has 0 saturated carbocycles. The van der Waals surface area contributed by atoms with Gasteiger partial charge in [-0.05, 0) is 18.2 Å². The third-order valence-corrected chi connectivity index (χ3v) is 4.65. The zero-order chi connectivity index (χ0) is 21.0. The number of hydrogen-bond acceptors (Lipinski definition) is 6. The van der Waals surface area contributed by atoms with Crippen molar-refractivity contribution in [3.8, 4) is 11.5 Å². The lowest BCUT2D eigenvalue weighted by Crippen LogP contribution is -2.46. The van der Waals surface area contributed by atoms with Crippen molar-refractivity contribution < 1.29 is 24.0 Å². The predicted octanol–water partition coefficient (Wildman–Crippen LogP) is 2.51. The second-order valence-electron chi connectivity index (χ2n) is 6.27. The molecule has 29 heavy (non-hydrogen) atoms. The Bertz CT molecular complexity index is 951. The van der Waals surface area contributed by atoms with Crippen molar-refractivity contribution in [1.29, 1.82) is 0 Å². The van der Waals surface area contributed by atoms with E-state index in [1.807, 2.05) is 0 Å². The highest BCUT2D eigenvalue weighted by Gasteiger charge is 2.30. The summed E-state index contributed by atoms with van der Waals surface area (Å²) < 4.78 is 10.9. The Hall–Kier alpha value is -3.33. The molecular weight excluding hydrogens is 402 g/mol. The summed E-state index contributed by atoms with van der Waals surface area (Å²) >= 11 is 6.02. The highest BCUT2D eigenvalue weighted by atomic mass is 35.5. The van der Waals surface area contributed by atoms with Crippen LogP contribution in [0.3, 0.4) is 0 Å². The molecule has 2 aromatic rings. The maximum Gasteiger partial charge on any atom is 0.271 e. The van der Waals surface area contributed by atoms with Crippen LogP contribution >= 0.6 is 11.6 Å². The number of hydrogen-bond donors (Lipinski definition) is 0. The number of nitrogens with zero attached hydrogens (tertiary/aromatic N) is 3. The molecule has 0 bridgehead atoms. The molecule has 0 radical (unpaired) electrons. The van der Waals surface area contributed by atoms with Crippen LogP contribution < -0.4 is 14.4 Å². The maximum atomic E-state index is 12.6. The van der Waals surface area contributed by atoms with Crippen molar-refractivity contribution in [3.05, 3.63) is 57.6 Å². The minimum Gasteiger partial charge on any atom is -0.490 e. The predicted molar refractivity (Wildman–Crippen MR) is 106 cm³/mol. The summed E-state index contributed by atoms with van der Waals surface area (Å²) in [5.41, 5.74) is 0.00510. The van der Waals surface area contributed by atoms with Gasteiger partial charge in [0.05, 0.1) is 22.2 Å². The Labute approximate surface area is 171 Å². The van der Waals surface area contributed by atoms with Gasteiger partial charge in [-0.1, -0.05) is 23.7 Å². The van der Waals surface area contributed by atoms with Crippen molar-refractivity contribution in [3.63, 3.8) is 0 Å². The van der Waals surface area contributed by atoms with Crippen LogP contribution in [0.2, 0.25) is 5.02 Å². The quantitative estimate of drug-likeness (QED) is 0.504. The number of amides is 2. The summed E-state index contributed by atoms with van der Waals surface area (Å²) in [6.07, 6.45) is 0. The fourth-order valence-electron chi connectivity index (χ4n) is 2.71. The molecule has 1 heterocycles. The number of anilines is 1. The number of para-hydroxylation sites is 1. The van der Waals surface area contributed by atoms with Gasteiger partial charge in [-0.3, -0.25) is 24.6 Å². The van der Waals surface area contributed by atoms with Crippen LogP contribution in [-0.2, 0) is 9.59 Å². The molecule has 2 aromatic carbocycles. The molecule has 1 aliphatic heterocycles. The lowest BCUT2D eigenvalue weighted by Gasteiger charge is -2.30. The van der Waals surface area contributed by atoms with Crippen LogP contribution in [0.1, 0.15) is 0 Å². The van der Waals surface area contributed by atoms with Crippen LogP contribution in [0.5, 0.6) is 11.5 Å². The number of carbonyl (C=O) groups is 2. The molecule has 152 valence electrons. The minimum atomic E-state index is -0.572. The molecule has 0 saturated heterocycles. The standard InChI is InChI=1S/C19H18ClN3O6/c1-21(8-9-28-16-5-3-2-4-14(16)20)18(24)11-22-15-10-13(23(26)27)6-7-17(15)29-12-19(22)25/h2-7,10H,8-9,11-12H2,1H3. The van der Waals surface area contributed by atoms with Crippen LogP contribution in [0.25, 0.3) is 0 Å². The van der Waals surface area contributed by atoms with E-state index in [0.717, 1.165) is 0 Å². The Morgan fingerprint density at radius 3 is 2.83 bits per heavy atom. The Kier molecular flexibility index (Phi) is 6.18. The van der Waals surface area contributed by atoms with E-state index in [9.17, 15) is 19.7 Å². The highest BCUT2D eigenvalue weighted by Crippen LogP contribution is 2.35. The molecule has 0 N–H and O–H groups in total. The van der Waals surface area contributed by atoms with Gasteiger partial charge < -0.3 is 14.4 Å². The first-order valence-electron chi connectivity index (χ1n) is 8.69. The number of fused-ring (bicyclic) bond motifs is 1. The molecule has 3 rings (SSSR count). The van der Waals surface area contributed by atoms with Crippen molar-refractivity contribution in [2.45, 2.75) is 0 Å². The van der Waals surface area contributed by atoms with E-state index in [4.69, 9.17) is 21.1 Å². The summed E-state index contributed by atoms with van der Waals surface area (Å²) in [7, 11) is 1.58. The van der Waals surface area contributed by atoms with Gasteiger partial charge in [-0.15, -0.1) is 0 Å². The highest BCUT2D eigenvalue weighted by molar-refractivity contribution is 6.32. The molecular formula is C19H18ClN3O6. The number of benzene rings is 2. The van der Waals surface area contributed by atoms with Gasteiger partial charge in [0, 0.05) is 19.2 Å². The average Bonchev–Trinajstić information content (AvgIpc) is 2.70. The first-order valence-corrected chi connectivity index (χ1v) is 9.07. The van der Waals surface area contributed by atoms with Crippen molar-refractivity contribution in [2.24, 2.45) is 0 Å². The Morgan fingerprint density at radius 2 is 2.10 bits per heavy atom. The van der Waals surface area contributed by atoms with E-state index in [1.54, 1.807) is 31.3 Å². The van der Waals surface area contributed by atoms with Crippen LogP contribution in [0.15, 0.2) is 42.5 Å². The molecule has 0 aliphatic carbocycles. The third kappa shape index (κ3) is 4.75. The van der Waals surface area contributed by atoms with E-state index in [1.165, 1.54) is 28.0 Å². The van der Waals surface area contributed by atoms with Crippen LogP contribution in [0, 0.1) is 10.1 Å². The summed E-state index contributed by atoms with van der Waals surface area (Å²) in [6.45, 7) is -0.0220. The lowest BCUT2D eigenvalue weighted by molar-refractivity contribution is -0.384. The molecule has 2 amide bonds. The van der Waals surface area contributed by atoms with Gasteiger partial charge in [0.1, 0.15) is 24.7 Å². The van der Waals surface area contributed by atoms with E-state index in [-0.39, 0.29) is 43.6 Å². The molecule has 10 heteroatoms. The number of likely N-dealkylation sites (N-methyl/N-ethyl adjacent to an activating group) is 1.